The molecule has 0 unspecified atom stereocenters. The predicted molar refractivity (Wildman–Crippen MR) is 78.0 cm³/mol. The molecular weight excluding hydrogens is 306 g/mol. The summed E-state index contributed by atoms with van der Waals surface area (Å²) in [6.45, 7) is 0.724. The van der Waals surface area contributed by atoms with E-state index in [0.29, 0.717) is 31.8 Å². The number of aromatic nitrogens is 4. The molecule has 0 aromatic carbocycles. The average Bonchev–Trinajstić information content (AvgIpc) is 2.82. The van der Waals surface area contributed by atoms with Gasteiger partial charge in [-0.15, -0.1) is 0 Å². The van der Waals surface area contributed by atoms with Crippen LogP contribution in [0.1, 0.15) is 11.3 Å². The molecule has 0 atom stereocenters. The number of hydrogen-bond acceptors (Lipinski definition) is 6. The van der Waals surface area contributed by atoms with E-state index in [1.807, 2.05) is 0 Å². The van der Waals surface area contributed by atoms with Crippen molar-refractivity contribution in [2.45, 2.75) is 17.9 Å². The zero-order valence-corrected chi connectivity index (χ0v) is 13.2. The van der Waals surface area contributed by atoms with E-state index in [0.717, 1.165) is 11.3 Å². The first kappa shape index (κ1) is 14.9. The highest BCUT2D eigenvalue weighted by Gasteiger charge is 2.29. The summed E-state index contributed by atoms with van der Waals surface area (Å²) < 4.78 is 33.6. The van der Waals surface area contributed by atoms with E-state index in [9.17, 15) is 8.42 Å². The summed E-state index contributed by atoms with van der Waals surface area (Å²) in [4.78, 5) is 12.3. The van der Waals surface area contributed by atoms with Crippen LogP contribution in [0.25, 0.3) is 0 Å². The van der Waals surface area contributed by atoms with Gasteiger partial charge in [0.1, 0.15) is 6.33 Å². The molecule has 118 valence electrons. The Morgan fingerprint density at radius 2 is 1.95 bits per heavy atom. The van der Waals surface area contributed by atoms with Crippen LogP contribution in [0.4, 0.5) is 0 Å². The van der Waals surface area contributed by atoms with Crippen molar-refractivity contribution in [2.24, 2.45) is 7.05 Å². The highest BCUT2D eigenvalue weighted by atomic mass is 32.2. The maximum absolute atomic E-state index is 12.6. The smallest absolute Gasteiger partial charge is 0.262 e. The number of sulfonamides is 1. The van der Waals surface area contributed by atoms with Gasteiger partial charge in [0, 0.05) is 38.3 Å². The minimum absolute atomic E-state index is 0.0685. The van der Waals surface area contributed by atoms with Crippen LogP contribution in [-0.4, -0.2) is 52.4 Å². The lowest BCUT2D eigenvalue weighted by atomic mass is 10.1. The van der Waals surface area contributed by atoms with Crippen LogP contribution in [0.2, 0.25) is 0 Å². The molecule has 0 amide bonds. The molecule has 8 nitrogen and oxygen atoms in total. The lowest BCUT2D eigenvalue weighted by Gasteiger charge is -2.18. The zero-order chi connectivity index (χ0) is 15.7. The molecule has 0 radical (unpaired) electrons. The Balaban J connectivity index is 1.88. The summed E-state index contributed by atoms with van der Waals surface area (Å²) in [7, 11) is -0.297. The lowest BCUT2D eigenvalue weighted by Crippen LogP contribution is -2.33. The fourth-order valence-corrected chi connectivity index (χ4v) is 3.95. The third kappa shape index (κ3) is 2.57. The second-order valence-corrected chi connectivity index (χ2v) is 6.97. The van der Waals surface area contributed by atoms with Crippen molar-refractivity contribution in [3.05, 3.63) is 30.1 Å². The molecule has 0 spiro atoms. The average molecular weight is 323 g/mol. The fourth-order valence-electron chi connectivity index (χ4n) is 2.55. The summed E-state index contributed by atoms with van der Waals surface area (Å²) in [6.07, 6.45) is 5.48. The van der Waals surface area contributed by atoms with Crippen LogP contribution in [-0.2, 0) is 29.9 Å². The van der Waals surface area contributed by atoms with Crippen LogP contribution in [0, 0.1) is 0 Å². The van der Waals surface area contributed by atoms with Crippen molar-refractivity contribution < 1.29 is 13.2 Å². The monoisotopic (exact) mass is 323 g/mol. The van der Waals surface area contributed by atoms with Gasteiger partial charge in [0.15, 0.2) is 5.03 Å². The number of nitrogens with zero attached hydrogens (tertiary/aromatic N) is 5. The second kappa shape index (κ2) is 5.65. The maximum Gasteiger partial charge on any atom is 0.262 e. The Kier molecular flexibility index (Phi) is 3.83. The molecule has 9 heteroatoms. The number of hydrogen-bond donors (Lipinski definition) is 0. The Bertz CT molecular complexity index is 787. The lowest BCUT2D eigenvalue weighted by molar-refractivity contribution is 0.388. The zero-order valence-electron chi connectivity index (χ0n) is 12.4. The SMILES string of the molecule is COc1ncnc2c1CCN(S(=O)(=O)c1cn(C)cn1)CC2. The summed E-state index contributed by atoms with van der Waals surface area (Å²) >= 11 is 0. The predicted octanol–water partition coefficient (Wildman–Crippen LogP) is 0.00820. The van der Waals surface area contributed by atoms with E-state index in [4.69, 9.17) is 4.74 Å². The minimum Gasteiger partial charge on any atom is -0.481 e. The molecule has 3 heterocycles. The van der Waals surface area contributed by atoms with E-state index >= 15 is 0 Å². The van der Waals surface area contributed by atoms with Crippen molar-refractivity contribution in [3.63, 3.8) is 0 Å². The first-order chi connectivity index (χ1) is 10.5. The summed E-state index contributed by atoms with van der Waals surface area (Å²) in [5.41, 5.74) is 1.72. The van der Waals surface area contributed by atoms with Crippen molar-refractivity contribution in [1.82, 2.24) is 23.8 Å². The van der Waals surface area contributed by atoms with Gasteiger partial charge in [-0.2, -0.15) is 4.31 Å². The highest BCUT2D eigenvalue weighted by molar-refractivity contribution is 7.89. The van der Waals surface area contributed by atoms with Crippen LogP contribution < -0.4 is 4.74 Å². The number of ether oxygens (including phenoxy) is 1. The van der Waals surface area contributed by atoms with Gasteiger partial charge in [-0.05, 0) is 6.42 Å². The molecule has 1 aliphatic heterocycles. The van der Waals surface area contributed by atoms with E-state index in [2.05, 4.69) is 15.0 Å². The van der Waals surface area contributed by atoms with Gasteiger partial charge in [0.2, 0.25) is 5.88 Å². The van der Waals surface area contributed by atoms with Crippen molar-refractivity contribution >= 4 is 10.0 Å². The molecule has 2 aromatic rings. The molecule has 0 aliphatic carbocycles. The van der Waals surface area contributed by atoms with E-state index in [1.165, 1.54) is 23.2 Å². The summed E-state index contributed by atoms with van der Waals surface area (Å²) in [6, 6.07) is 0. The molecule has 0 fully saturated rings. The van der Waals surface area contributed by atoms with Crippen molar-refractivity contribution in [2.75, 3.05) is 20.2 Å². The van der Waals surface area contributed by atoms with Crippen LogP contribution in [0.5, 0.6) is 5.88 Å². The number of aryl methyl sites for hydroxylation is 1. The number of rotatable bonds is 3. The Labute approximate surface area is 128 Å². The second-order valence-electron chi connectivity index (χ2n) is 5.09. The van der Waals surface area contributed by atoms with Gasteiger partial charge in [-0.1, -0.05) is 0 Å². The Hall–Kier alpha value is -2.00. The molecular formula is C13H17N5O3S. The summed E-state index contributed by atoms with van der Waals surface area (Å²) in [5, 5.41) is 0.0685. The molecule has 0 saturated carbocycles. The molecule has 22 heavy (non-hydrogen) atoms. The molecule has 1 aliphatic rings. The molecule has 2 aromatic heterocycles. The van der Waals surface area contributed by atoms with Gasteiger partial charge in [0.05, 0.1) is 19.1 Å². The minimum atomic E-state index is -3.59. The van der Waals surface area contributed by atoms with E-state index in [-0.39, 0.29) is 5.03 Å². The van der Waals surface area contributed by atoms with Gasteiger partial charge < -0.3 is 9.30 Å². The number of imidazole rings is 1. The quantitative estimate of drug-likeness (QED) is 0.790. The molecule has 0 saturated heterocycles. The maximum atomic E-state index is 12.6. The molecule has 3 rings (SSSR count). The Morgan fingerprint density at radius 1 is 1.18 bits per heavy atom. The third-order valence-corrected chi connectivity index (χ3v) is 5.47. The van der Waals surface area contributed by atoms with Crippen molar-refractivity contribution in [3.8, 4) is 5.88 Å². The highest BCUT2D eigenvalue weighted by Crippen LogP contribution is 2.24. The van der Waals surface area contributed by atoms with Gasteiger partial charge in [-0.3, -0.25) is 0 Å². The topological polar surface area (TPSA) is 90.2 Å². The van der Waals surface area contributed by atoms with Crippen molar-refractivity contribution in [1.29, 1.82) is 0 Å². The number of methoxy groups -OCH3 is 1. The molecule has 0 bridgehead atoms. The van der Waals surface area contributed by atoms with Crippen LogP contribution >= 0.6 is 0 Å². The first-order valence-electron chi connectivity index (χ1n) is 6.87. The molecule has 0 N–H and O–H groups in total. The van der Waals surface area contributed by atoms with Gasteiger partial charge >= 0.3 is 0 Å². The van der Waals surface area contributed by atoms with Gasteiger partial charge in [-0.25, -0.2) is 23.4 Å². The standard InChI is InChI=1S/C13H17N5O3S/c1-17-7-12(16-9-17)22(19,20)18-5-3-10-11(4-6-18)14-8-15-13(10)21-2/h7-9H,3-6H2,1-2H3. The normalized spacial score (nSPS) is 16.1. The fraction of sp³-hybridized carbons (Fsp3) is 0.462. The number of fused-ring (bicyclic) bond motifs is 1. The summed E-state index contributed by atoms with van der Waals surface area (Å²) in [5.74, 6) is 0.516. The van der Waals surface area contributed by atoms with Crippen LogP contribution in [0.3, 0.4) is 0 Å². The third-order valence-electron chi connectivity index (χ3n) is 3.68. The Morgan fingerprint density at radius 3 is 2.64 bits per heavy atom. The van der Waals surface area contributed by atoms with E-state index in [1.54, 1.807) is 18.7 Å². The van der Waals surface area contributed by atoms with Gasteiger partial charge in [0.25, 0.3) is 10.0 Å². The largest absolute Gasteiger partial charge is 0.481 e. The van der Waals surface area contributed by atoms with Crippen LogP contribution in [0.15, 0.2) is 23.9 Å². The van der Waals surface area contributed by atoms with E-state index < -0.39 is 10.0 Å². The first-order valence-corrected chi connectivity index (χ1v) is 8.31.